The zero-order valence-corrected chi connectivity index (χ0v) is 16.5. The number of benzene rings is 2. The summed E-state index contributed by atoms with van der Waals surface area (Å²) in [4.78, 5) is 17.5. The van der Waals surface area contributed by atoms with E-state index in [0.717, 1.165) is 37.5 Å². The van der Waals surface area contributed by atoms with Crippen LogP contribution in [0.2, 0.25) is 0 Å². The number of anilines is 1. The highest BCUT2D eigenvalue weighted by Crippen LogP contribution is 2.28. The van der Waals surface area contributed by atoms with Crippen molar-refractivity contribution in [2.24, 2.45) is 5.92 Å². The van der Waals surface area contributed by atoms with Gasteiger partial charge in [-0.1, -0.05) is 29.8 Å². The Bertz CT molecular complexity index is 798. The first kappa shape index (κ1) is 18.8. The second kappa shape index (κ2) is 8.20. The fourth-order valence-corrected chi connectivity index (χ4v) is 4.03. The third-order valence-electron chi connectivity index (χ3n) is 5.76. The lowest BCUT2D eigenvalue weighted by molar-refractivity contribution is -0.135. The van der Waals surface area contributed by atoms with Crippen LogP contribution in [0.4, 0.5) is 5.69 Å². The van der Waals surface area contributed by atoms with Crippen LogP contribution in [0.1, 0.15) is 17.2 Å². The highest BCUT2D eigenvalue weighted by molar-refractivity contribution is 5.80. The van der Waals surface area contributed by atoms with Gasteiger partial charge in [0.25, 0.3) is 0 Å². The van der Waals surface area contributed by atoms with Crippen LogP contribution in [0.5, 0.6) is 5.75 Å². The third-order valence-corrected chi connectivity index (χ3v) is 5.76. The molecule has 28 heavy (non-hydrogen) atoms. The van der Waals surface area contributed by atoms with E-state index in [4.69, 9.17) is 4.74 Å². The molecule has 0 spiro atoms. The van der Waals surface area contributed by atoms with Crippen molar-refractivity contribution in [1.82, 2.24) is 15.8 Å². The largest absolute Gasteiger partial charge is 0.497 e. The first-order valence-electron chi connectivity index (χ1n) is 9.88. The highest BCUT2D eigenvalue weighted by Gasteiger charge is 2.37. The molecule has 0 radical (unpaired) electrons. The summed E-state index contributed by atoms with van der Waals surface area (Å²) in [5, 5.41) is 0. The van der Waals surface area contributed by atoms with Gasteiger partial charge in [0, 0.05) is 38.4 Å². The summed E-state index contributed by atoms with van der Waals surface area (Å²) in [6, 6.07) is 16.6. The Hall–Kier alpha value is -2.57. The third kappa shape index (κ3) is 3.84. The molecule has 148 valence electrons. The molecule has 2 aromatic rings. The van der Waals surface area contributed by atoms with Gasteiger partial charge in [0.2, 0.25) is 5.91 Å². The molecule has 0 aliphatic carbocycles. The smallest absolute Gasteiger partial charge is 0.229 e. The number of ether oxygens (including phenoxy) is 1. The summed E-state index contributed by atoms with van der Waals surface area (Å²) in [6.45, 7) is 5.94. The van der Waals surface area contributed by atoms with E-state index in [9.17, 15) is 4.79 Å². The first-order chi connectivity index (χ1) is 13.7. The molecule has 0 aromatic heterocycles. The molecule has 2 heterocycles. The molecule has 0 bridgehead atoms. The van der Waals surface area contributed by atoms with E-state index in [-0.39, 0.29) is 17.9 Å². The van der Waals surface area contributed by atoms with Gasteiger partial charge in [-0.25, -0.2) is 5.43 Å². The van der Waals surface area contributed by atoms with Gasteiger partial charge in [-0.05, 0) is 36.8 Å². The summed E-state index contributed by atoms with van der Waals surface area (Å²) in [5.41, 5.74) is 10.0. The topological polar surface area (TPSA) is 56.8 Å². The van der Waals surface area contributed by atoms with E-state index >= 15 is 0 Å². The number of nitrogens with one attached hydrogen (secondary N) is 2. The van der Waals surface area contributed by atoms with Crippen molar-refractivity contribution in [3.8, 4) is 5.75 Å². The van der Waals surface area contributed by atoms with Crippen molar-refractivity contribution >= 4 is 11.6 Å². The van der Waals surface area contributed by atoms with E-state index in [2.05, 4.69) is 59.1 Å². The van der Waals surface area contributed by atoms with Gasteiger partial charge in [0.15, 0.2) is 0 Å². The summed E-state index contributed by atoms with van der Waals surface area (Å²) < 4.78 is 5.23. The molecular weight excluding hydrogens is 352 g/mol. The fraction of sp³-hybridized carbons (Fsp3) is 0.409. The number of hydrogen-bond donors (Lipinski definition) is 2. The monoisotopic (exact) mass is 380 g/mol. The van der Waals surface area contributed by atoms with Crippen LogP contribution in [0, 0.1) is 12.8 Å². The number of aryl methyl sites for hydroxylation is 1. The molecule has 6 nitrogen and oxygen atoms in total. The van der Waals surface area contributed by atoms with Crippen LogP contribution in [-0.2, 0) is 4.79 Å². The van der Waals surface area contributed by atoms with Gasteiger partial charge < -0.3 is 14.5 Å². The zero-order valence-electron chi connectivity index (χ0n) is 16.5. The maximum Gasteiger partial charge on any atom is 0.229 e. The molecule has 2 aromatic carbocycles. The number of methoxy groups -OCH3 is 1. The Labute approximate surface area is 166 Å². The predicted molar refractivity (Wildman–Crippen MR) is 110 cm³/mol. The van der Waals surface area contributed by atoms with Crippen LogP contribution in [0.25, 0.3) is 0 Å². The minimum atomic E-state index is -0.0738. The van der Waals surface area contributed by atoms with Crippen LogP contribution in [0.3, 0.4) is 0 Å². The molecule has 2 saturated heterocycles. The Balaban J connectivity index is 1.38. The van der Waals surface area contributed by atoms with Crippen molar-refractivity contribution in [2.45, 2.75) is 13.0 Å². The molecule has 1 amide bonds. The van der Waals surface area contributed by atoms with E-state index in [1.165, 1.54) is 11.3 Å². The zero-order chi connectivity index (χ0) is 19.5. The average Bonchev–Trinajstić information content (AvgIpc) is 3.24. The van der Waals surface area contributed by atoms with Crippen molar-refractivity contribution in [2.75, 3.05) is 44.7 Å². The number of amides is 1. The molecule has 4 rings (SSSR count). The molecule has 0 saturated carbocycles. The van der Waals surface area contributed by atoms with Crippen molar-refractivity contribution in [3.63, 3.8) is 0 Å². The van der Waals surface area contributed by atoms with E-state index < -0.39 is 0 Å². The summed E-state index contributed by atoms with van der Waals surface area (Å²) >= 11 is 0. The second-order valence-electron chi connectivity index (χ2n) is 7.53. The molecule has 2 atom stereocenters. The first-order valence-corrected chi connectivity index (χ1v) is 9.88. The lowest BCUT2D eigenvalue weighted by atomic mass is 9.93. The van der Waals surface area contributed by atoms with Crippen LogP contribution in [0.15, 0.2) is 48.5 Å². The lowest BCUT2D eigenvalue weighted by Gasteiger charge is -2.37. The Kier molecular flexibility index (Phi) is 5.50. The number of carbonyl (C=O) groups is 1. The predicted octanol–water partition coefficient (Wildman–Crippen LogP) is 2.12. The maximum absolute atomic E-state index is 13.2. The second-order valence-corrected chi connectivity index (χ2v) is 7.53. The number of piperazine rings is 1. The molecule has 2 aliphatic rings. The Morgan fingerprint density at radius 2 is 1.68 bits per heavy atom. The SMILES string of the molecule is COc1ccc(N2CCN(C(=O)C3CNNC3c3ccc(C)cc3)CC2)cc1. The van der Waals surface area contributed by atoms with Gasteiger partial charge >= 0.3 is 0 Å². The van der Waals surface area contributed by atoms with Gasteiger partial charge in [-0.3, -0.25) is 10.2 Å². The summed E-state index contributed by atoms with van der Waals surface area (Å²) in [7, 11) is 1.68. The number of hydrazine groups is 1. The van der Waals surface area contributed by atoms with Crippen LogP contribution < -0.4 is 20.5 Å². The van der Waals surface area contributed by atoms with E-state index in [1.54, 1.807) is 7.11 Å². The molecule has 6 heteroatoms. The van der Waals surface area contributed by atoms with Crippen molar-refractivity contribution in [1.29, 1.82) is 0 Å². The minimum absolute atomic E-state index is 0.0210. The maximum atomic E-state index is 13.2. The van der Waals surface area contributed by atoms with Gasteiger partial charge in [0.1, 0.15) is 5.75 Å². The van der Waals surface area contributed by atoms with Crippen LogP contribution >= 0.6 is 0 Å². The molecule has 2 aliphatic heterocycles. The Morgan fingerprint density at radius 1 is 1.00 bits per heavy atom. The van der Waals surface area contributed by atoms with E-state index in [0.29, 0.717) is 6.54 Å². The van der Waals surface area contributed by atoms with Crippen molar-refractivity contribution < 1.29 is 9.53 Å². The minimum Gasteiger partial charge on any atom is -0.497 e. The van der Waals surface area contributed by atoms with Crippen LogP contribution in [-0.4, -0.2) is 50.6 Å². The van der Waals surface area contributed by atoms with Gasteiger partial charge in [-0.15, -0.1) is 0 Å². The fourth-order valence-electron chi connectivity index (χ4n) is 4.03. The number of nitrogens with zero attached hydrogens (tertiary/aromatic N) is 2. The molecule has 2 N–H and O–H groups in total. The number of rotatable bonds is 4. The molecular formula is C22H28N4O2. The lowest BCUT2D eigenvalue weighted by Crippen LogP contribution is -2.51. The molecule has 2 unspecified atom stereocenters. The quantitative estimate of drug-likeness (QED) is 0.851. The Morgan fingerprint density at radius 3 is 2.32 bits per heavy atom. The van der Waals surface area contributed by atoms with E-state index in [1.807, 2.05) is 17.0 Å². The van der Waals surface area contributed by atoms with Crippen molar-refractivity contribution in [3.05, 3.63) is 59.7 Å². The van der Waals surface area contributed by atoms with Gasteiger partial charge in [-0.2, -0.15) is 0 Å². The summed E-state index contributed by atoms with van der Waals surface area (Å²) in [6.07, 6.45) is 0. The summed E-state index contributed by atoms with van der Waals surface area (Å²) in [5.74, 6) is 1.02. The average molecular weight is 380 g/mol. The highest BCUT2D eigenvalue weighted by atomic mass is 16.5. The molecule has 2 fully saturated rings. The normalized spacial score (nSPS) is 22.4. The number of hydrogen-bond acceptors (Lipinski definition) is 5. The standard InChI is InChI=1S/C22H28N4O2/c1-16-3-5-17(6-4-16)21-20(15-23-24-21)22(27)26-13-11-25(12-14-26)18-7-9-19(28-2)10-8-18/h3-10,20-21,23-24H,11-15H2,1-2H3. The number of carbonyl (C=O) groups excluding carboxylic acids is 1. The van der Waals surface area contributed by atoms with Gasteiger partial charge in [0.05, 0.1) is 19.1 Å².